The van der Waals surface area contributed by atoms with E-state index in [9.17, 15) is 4.79 Å². The number of rotatable bonds is 3. The molecule has 0 spiro atoms. The summed E-state index contributed by atoms with van der Waals surface area (Å²) in [6.45, 7) is 4.24. The summed E-state index contributed by atoms with van der Waals surface area (Å²) < 4.78 is 5.53. The van der Waals surface area contributed by atoms with Crippen molar-refractivity contribution in [2.24, 2.45) is 5.73 Å². The van der Waals surface area contributed by atoms with Crippen molar-refractivity contribution in [2.45, 2.75) is 13.0 Å². The molecule has 1 atom stereocenters. The molecule has 1 heterocycles. The highest BCUT2D eigenvalue weighted by molar-refractivity contribution is 5.95. The van der Waals surface area contributed by atoms with Crippen molar-refractivity contribution in [1.82, 2.24) is 4.90 Å². The van der Waals surface area contributed by atoms with E-state index in [0.717, 1.165) is 11.1 Å². The lowest BCUT2D eigenvalue weighted by atomic mass is 9.98. The lowest BCUT2D eigenvalue weighted by Crippen LogP contribution is -2.48. The summed E-state index contributed by atoms with van der Waals surface area (Å²) in [5, 5.41) is 0. The highest BCUT2D eigenvalue weighted by Crippen LogP contribution is 2.24. The van der Waals surface area contributed by atoms with Gasteiger partial charge in [0.25, 0.3) is 5.91 Å². The molecule has 0 aromatic heterocycles. The number of amides is 1. The first-order chi connectivity index (χ1) is 11.2. The third-order valence-electron chi connectivity index (χ3n) is 4.25. The maximum atomic E-state index is 12.8. The zero-order valence-electron chi connectivity index (χ0n) is 13.4. The number of nitrogens with two attached hydrogens (primary N) is 1. The predicted octanol–water partition coefficient (Wildman–Crippen LogP) is 2.46. The van der Waals surface area contributed by atoms with Gasteiger partial charge in [-0.05, 0) is 35.7 Å². The largest absolute Gasteiger partial charge is 0.373 e. The molecule has 0 bridgehead atoms. The van der Waals surface area contributed by atoms with Crippen LogP contribution < -0.4 is 5.73 Å². The summed E-state index contributed by atoms with van der Waals surface area (Å²) >= 11 is 0. The molecule has 1 amide bonds. The fraction of sp³-hybridized carbons (Fsp3) is 0.316. The molecule has 1 saturated heterocycles. The summed E-state index contributed by atoms with van der Waals surface area (Å²) in [6.07, 6.45) is -0.0627. The molecule has 0 radical (unpaired) electrons. The maximum Gasteiger partial charge on any atom is 0.254 e. The first kappa shape index (κ1) is 15.7. The quantitative estimate of drug-likeness (QED) is 0.947. The van der Waals surface area contributed by atoms with E-state index in [2.05, 4.69) is 19.1 Å². The Labute approximate surface area is 136 Å². The summed E-state index contributed by atoms with van der Waals surface area (Å²) in [5.74, 6) is 0.0437. The molecule has 2 N–H and O–H groups in total. The zero-order chi connectivity index (χ0) is 16.2. The Balaban J connectivity index is 1.85. The van der Waals surface area contributed by atoms with E-state index < -0.39 is 0 Å². The number of morpholine rings is 1. The number of carbonyl (C=O) groups is 1. The van der Waals surface area contributed by atoms with Crippen LogP contribution in [0.25, 0.3) is 11.1 Å². The molecule has 0 aliphatic carbocycles. The van der Waals surface area contributed by atoms with Gasteiger partial charge in [0.15, 0.2) is 0 Å². The van der Waals surface area contributed by atoms with Crippen molar-refractivity contribution in [2.75, 3.05) is 26.2 Å². The number of hydrogen-bond donors (Lipinski definition) is 1. The van der Waals surface area contributed by atoms with Crippen LogP contribution in [0.3, 0.4) is 0 Å². The van der Waals surface area contributed by atoms with Crippen molar-refractivity contribution in [3.8, 4) is 11.1 Å². The van der Waals surface area contributed by atoms with E-state index in [0.29, 0.717) is 31.8 Å². The van der Waals surface area contributed by atoms with Gasteiger partial charge in [0.2, 0.25) is 0 Å². The molecule has 1 aliphatic heterocycles. The normalized spacial score (nSPS) is 18.0. The van der Waals surface area contributed by atoms with Gasteiger partial charge in [-0.3, -0.25) is 4.79 Å². The second-order valence-electron chi connectivity index (χ2n) is 5.88. The van der Waals surface area contributed by atoms with Gasteiger partial charge in [0.1, 0.15) is 0 Å². The third-order valence-corrected chi connectivity index (χ3v) is 4.25. The van der Waals surface area contributed by atoms with Crippen molar-refractivity contribution >= 4 is 5.91 Å². The average Bonchev–Trinajstić information content (AvgIpc) is 2.61. The number of hydrogen-bond acceptors (Lipinski definition) is 3. The van der Waals surface area contributed by atoms with Gasteiger partial charge in [-0.25, -0.2) is 0 Å². The minimum Gasteiger partial charge on any atom is -0.373 e. The van der Waals surface area contributed by atoms with E-state index in [1.807, 2.05) is 41.3 Å². The Kier molecular flexibility index (Phi) is 4.74. The van der Waals surface area contributed by atoms with Crippen LogP contribution in [0.4, 0.5) is 0 Å². The molecule has 1 fully saturated rings. The van der Waals surface area contributed by atoms with Crippen LogP contribution in [-0.4, -0.2) is 43.2 Å². The number of aryl methyl sites for hydroxylation is 1. The molecule has 0 saturated carbocycles. The molecule has 3 rings (SSSR count). The van der Waals surface area contributed by atoms with Crippen LogP contribution in [0.1, 0.15) is 15.9 Å². The van der Waals surface area contributed by atoms with Gasteiger partial charge in [0.05, 0.1) is 12.7 Å². The smallest absolute Gasteiger partial charge is 0.254 e. The monoisotopic (exact) mass is 310 g/mol. The molecule has 2 aromatic carbocycles. The number of nitrogens with zero attached hydrogens (tertiary/aromatic N) is 1. The van der Waals surface area contributed by atoms with Gasteiger partial charge < -0.3 is 15.4 Å². The van der Waals surface area contributed by atoms with Crippen molar-refractivity contribution in [1.29, 1.82) is 0 Å². The fourth-order valence-corrected chi connectivity index (χ4v) is 2.95. The summed E-state index contributed by atoms with van der Waals surface area (Å²) in [5.41, 5.74) is 9.79. The third kappa shape index (κ3) is 3.44. The minimum atomic E-state index is -0.0627. The average molecular weight is 310 g/mol. The van der Waals surface area contributed by atoms with E-state index in [1.165, 1.54) is 5.56 Å². The lowest BCUT2D eigenvalue weighted by molar-refractivity contribution is -0.0167. The summed E-state index contributed by atoms with van der Waals surface area (Å²) in [7, 11) is 0. The summed E-state index contributed by atoms with van der Waals surface area (Å²) in [6, 6.07) is 16.0. The van der Waals surface area contributed by atoms with E-state index >= 15 is 0 Å². The molecule has 1 unspecified atom stereocenters. The van der Waals surface area contributed by atoms with E-state index in [4.69, 9.17) is 10.5 Å². The highest BCUT2D eigenvalue weighted by Gasteiger charge is 2.24. The Morgan fingerprint density at radius 1 is 1.26 bits per heavy atom. The first-order valence-corrected chi connectivity index (χ1v) is 7.96. The molecular weight excluding hydrogens is 288 g/mol. The zero-order valence-corrected chi connectivity index (χ0v) is 13.4. The van der Waals surface area contributed by atoms with Crippen molar-refractivity contribution in [3.05, 3.63) is 59.7 Å². The second kappa shape index (κ2) is 6.94. The molecule has 23 heavy (non-hydrogen) atoms. The Morgan fingerprint density at radius 2 is 2.09 bits per heavy atom. The van der Waals surface area contributed by atoms with Crippen molar-refractivity contribution in [3.63, 3.8) is 0 Å². The second-order valence-corrected chi connectivity index (χ2v) is 5.88. The Bertz CT molecular complexity index is 699. The van der Waals surface area contributed by atoms with Crippen LogP contribution in [0.15, 0.2) is 48.5 Å². The van der Waals surface area contributed by atoms with Crippen LogP contribution >= 0.6 is 0 Å². The maximum absolute atomic E-state index is 12.8. The van der Waals surface area contributed by atoms with Gasteiger partial charge in [-0.1, -0.05) is 36.4 Å². The first-order valence-electron chi connectivity index (χ1n) is 7.96. The summed E-state index contributed by atoms with van der Waals surface area (Å²) in [4.78, 5) is 14.6. The highest BCUT2D eigenvalue weighted by atomic mass is 16.5. The van der Waals surface area contributed by atoms with Gasteiger partial charge in [-0.2, -0.15) is 0 Å². The Morgan fingerprint density at radius 3 is 2.87 bits per heavy atom. The van der Waals surface area contributed by atoms with Crippen molar-refractivity contribution < 1.29 is 9.53 Å². The molecule has 1 aliphatic rings. The van der Waals surface area contributed by atoms with Crippen LogP contribution in [0.2, 0.25) is 0 Å². The van der Waals surface area contributed by atoms with Gasteiger partial charge >= 0.3 is 0 Å². The fourth-order valence-electron chi connectivity index (χ4n) is 2.95. The van der Waals surface area contributed by atoms with E-state index in [1.54, 1.807) is 0 Å². The van der Waals surface area contributed by atoms with Gasteiger partial charge in [-0.15, -0.1) is 0 Å². The predicted molar refractivity (Wildman–Crippen MR) is 91.3 cm³/mol. The Hall–Kier alpha value is -2.17. The lowest BCUT2D eigenvalue weighted by Gasteiger charge is -2.32. The molecule has 2 aromatic rings. The van der Waals surface area contributed by atoms with Crippen LogP contribution in [0.5, 0.6) is 0 Å². The topological polar surface area (TPSA) is 55.6 Å². The van der Waals surface area contributed by atoms with Crippen LogP contribution in [-0.2, 0) is 4.74 Å². The van der Waals surface area contributed by atoms with Crippen LogP contribution in [0, 0.1) is 6.92 Å². The molecule has 4 nitrogen and oxygen atoms in total. The van der Waals surface area contributed by atoms with Gasteiger partial charge in [0, 0.05) is 25.2 Å². The minimum absolute atomic E-state index is 0.0437. The molecule has 4 heteroatoms. The standard InChI is InChI=1S/C19H22N2O2/c1-14-5-2-3-8-18(14)15-6-4-7-16(11-15)19(22)21-9-10-23-17(12-20)13-21/h2-8,11,17H,9-10,12-13,20H2,1H3. The molecule has 120 valence electrons. The number of ether oxygens (including phenoxy) is 1. The SMILES string of the molecule is Cc1ccccc1-c1cccc(C(=O)N2CCOC(CN)C2)c1. The molecular formula is C19H22N2O2. The van der Waals surface area contributed by atoms with E-state index in [-0.39, 0.29) is 12.0 Å². The number of carbonyl (C=O) groups excluding carboxylic acids is 1. The number of benzene rings is 2.